The summed E-state index contributed by atoms with van der Waals surface area (Å²) in [6.07, 6.45) is 3.47. The summed E-state index contributed by atoms with van der Waals surface area (Å²) < 4.78 is 5.24. The number of pyridine rings is 2. The number of ether oxygens (including phenoxy) is 1. The number of para-hydroxylation sites is 1. The second-order valence-electron chi connectivity index (χ2n) is 6.82. The molecule has 2 heterocycles. The molecule has 0 spiro atoms. The summed E-state index contributed by atoms with van der Waals surface area (Å²) >= 11 is 0. The highest BCUT2D eigenvalue weighted by molar-refractivity contribution is 6.07. The maximum absolute atomic E-state index is 13.3. The number of fused-ring (bicyclic) bond motifs is 1. The van der Waals surface area contributed by atoms with Crippen molar-refractivity contribution in [3.05, 3.63) is 90.3 Å². The van der Waals surface area contributed by atoms with E-state index < -0.39 is 0 Å². The lowest BCUT2D eigenvalue weighted by molar-refractivity contribution is 0.0787. The summed E-state index contributed by atoms with van der Waals surface area (Å²) in [7, 11) is 3.45. The Bertz CT molecular complexity index is 1140. The quantitative estimate of drug-likeness (QED) is 0.506. The molecule has 0 aliphatic rings. The van der Waals surface area contributed by atoms with Gasteiger partial charge < -0.3 is 9.64 Å². The minimum absolute atomic E-state index is 0.0461. The summed E-state index contributed by atoms with van der Waals surface area (Å²) in [5.74, 6) is 0.734. The molecule has 4 rings (SSSR count). The van der Waals surface area contributed by atoms with Gasteiger partial charge >= 0.3 is 0 Å². The lowest BCUT2D eigenvalue weighted by Gasteiger charge is -2.19. The normalized spacial score (nSPS) is 10.7. The molecule has 0 saturated heterocycles. The van der Waals surface area contributed by atoms with Crippen LogP contribution in [0.4, 0.5) is 0 Å². The summed E-state index contributed by atoms with van der Waals surface area (Å²) in [5, 5.41) is 0.844. The molecule has 0 saturated carbocycles. The number of hydrogen-bond donors (Lipinski definition) is 0. The zero-order valence-electron chi connectivity index (χ0n) is 16.4. The van der Waals surface area contributed by atoms with Gasteiger partial charge in [-0.25, -0.2) is 4.98 Å². The van der Waals surface area contributed by atoms with Gasteiger partial charge in [0, 0.05) is 36.9 Å². The average molecular weight is 383 g/mol. The Morgan fingerprint density at radius 3 is 2.45 bits per heavy atom. The molecule has 0 aliphatic heterocycles. The highest BCUT2D eigenvalue weighted by Gasteiger charge is 2.17. The van der Waals surface area contributed by atoms with Crippen molar-refractivity contribution in [2.24, 2.45) is 0 Å². The molecular formula is C24H21N3O2. The lowest BCUT2D eigenvalue weighted by Crippen LogP contribution is -2.26. The van der Waals surface area contributed by atoms with E-state index in [4.69, 9.17) is 9.72 Å². The molecule has 0 radical (unpaired) electrons. The number of hydrogen-bond acceptors (Lipinski definition) is 4. The Morgan fingerprint density at radius 1 is 1.00 bits per heavy atom. The second kappa shape index (κ2) is 8.10. The van der Waals surface area contributed by atoms with Gasteiger partial charge in [-0.05, 0) is 54.1 Å². The third-order valence-electron chi connectivity index (χ3n) is 4.85. The van der Waals surface area contributed by atoms with Crippen LogP contribution in [0.5, 0.6) is 5.75 Å². The van der Waals surface area contributed by atoms with E-state index in [-0.39, 0.29) is 5.91 Å². The molecule has 0 N–H and O–H groups in total. The molecule has 1 amide bonds. The van der Waals surface area contributed by atoms with E-state index in [2.05, 4.69) is 4.98 Å². The van der Waals surface area contributed by atoms with E-state index in [1.54, 1.807) is 24.4 Å². The Hall–Kier alpha value is -3.73. The van der Waals surface area contributed by atoms with Gasteiger partial charge in [0.2, 0.25) is 0 Å². The van der Waals surface area contributed by atoms with Gasteiger partial charge in [-0.3, -0.25) is 9.78 Å². The van der Waals surface area contributed by atoms with Gasteiger partial charge in [0.25, 0.3) is 5.91 Å². The monoisotopic (exact) mass is 383 g/mol. The Kier molecular flexibility index (Phi) is 5.20. The number of nitrogens with zero attached hydrogens (tertiary/aromatic N) is 3. The molecule has 0 unspecified atom stereocenters. The number of aromatic nitrogens is 2. The summed E-state index contributed by atoms with van der Waals surface area (Å²) in [4.78, 5) is 23.8. The van der Waals surface area contributed by atoms with E-state index in [0.29, 0.717) is 12.1 Å². The SMILES string of the molecule is COc1ccc(-c2cc(C(=O)N(C)Cc3ccncc3)c3ccccc3n2)cc1. The van der Waals surface area contributed by atoms with Crippen molar-refractivity contribution >= 4 is 16.8 Å². The molecule has 29 heavy (non-hydrogen) atoms. The number of rotatable bonds is 5. The van der Waals surface area contributed by atoms with Crippen molar-refractivity contribution in [2.45, 2.75) is 6.54 Å². The average Bonchev–Trinajstić information content (AvgIpc) is 2.78. The molecule has 144 valence electrons. The van der Waals surface area contributed by atoms with Gasteiger partial charge in [0.15, 0.2) is 0 Å². The fraction of sp³-hybridized carbons (Fsp3) is 0.125. The van der Waals surface area contributed by atoms with Gasteiger partial charge in [0.1, 0.15) is 5.75 Å². The number of carbonyl (C=O) groups is 1. The maximum atomic E-state index is 13.3. The first kappa shape index (κ1) is 18.6. The van der Waals surface area contributed by atoms with Crippen LogP contribution in [0.2, 0.25) is 0 Å². The Balaban J connectivity index is 1.74. The molecule has 2 aromatic carbocycles. The van der Waals surface area contributed by atoms with Crippen LogP contribution in [0.15, 0.2) is 79.1 Å². The van der Waals surface area contributed by atoms with Crippen LogP contribution in [-0.4, -0.2) is 34.9 Å². The largest absolute Gasteiger partial charge is 0.497 e. The fourth-order valence-electron chi connectivity index (χ4n) is 3.30. The van der Waals surface area contributed by atoms with Crippen molar-refractivity contribution in [2.75, 3.05) is 14.2 Å². The van der Waals surface area contributed by atoms with E-state index in [1.165, 1.54) is 0 Å². The van der Waals surface area contributed by atoms with Crippen LogP contribution >= 0.6 is 0 Å². The molecule has 5 nitrogen and oxygen atoms in total. The standard InChI is InChI=1S/C24H21N3O2/c1-27(16-17-11-13-25-14-12-17)24(28)21-15-23(18-7-9-19(29-2)10-8-18)26-22-6-4-3-5-20(21)22/h3-15H,16H2,1-2H3. The van der Waals surface area contributed by atoms with Gasteiger partial charge in [-0.1, -0.05) is 18.2 Å². The van der Waals surface area contributed by atoms with Crippen LogP contribution < -0.4 is 4.74 Å². The minimum atomic E-state index is -0.0461. The summed E-state index contributed by atoms with van der Waals surface area (Å²) in [6.45, 7) is 0.510. The smallest absolute Gasteiger partial charge is 0.254 e. The molecule has 5 heteroatoms. The zero-order chi connectivity index (χ0) is 20.2. The van der Waals surface area contributed by atoms with Crippen molar-refractivity contribution < 1.29 is 9.53 Å². The van der Waals surface area contributed by atoms with E-state index >= 15 is 0 Å². The van der Waals surface area contributed by atoms with Crippen LogP contribution in [0.25, 0.3) is 22.2 Å². The van der Waals surface area contributed by atoms with Gasteiger partial charge in [-0.15, -0.1) is 0 Å². The molecule has 0 fully saturated rings. The third-order valence-corrected chi connectivity index (χ3v) is 4.85. The Labute approximate surface area is 169 Å². The lowest BCUT2D eigenvalue weighted by atomic mass is 10.0. The molecule has 4 aromatic rings. The Morgan fingerprint density at radius 2 is 1.72 bits per heavy atom. The van der Waals surface area contributed by atoms with E-state index in [9.17, 15) is 4.79 Å². The number of benzene rings is 2. The first-order valence-electron chi connectivity index (χ1n) is 9.34. The first-order valence-corrected chi connectivity index (χ1v) is 9.34. The summed E-state index contributed by atoms with van der Waals surface area (Å²) in [5.41, 5.74) is 4.15. The zero-order valence-corrected chi connectivity index (χ0v) is 16.4. The molecule has 0 aliphatic carbocycles. The number of methoxy groups -OCH3 is 1. The third kappa shape index (κ3) is 3.94. The van der Waals surface area contributed by atoms with E-state index in [0.717, 1.165) is 33.5 Å². The second-order valence-corrected chi connectivity index (χ2v) is 6.82. The predicted octanol–water partition coefficient (Wildman–Crippen LogP) is 4.58. The van der Waals surface area contributed by atoms with Crippen molar-refractivity contribution in [1.29, 1.82) is 0 Å². The number of carbonyl (C=O) groups excluding carboxylic acids is 1. The van der Waals surface area contributed by atoms with E-state index in [1.807, 2.05) is 73.8 Å². The fourth-order valence-corrected chi connectivity index (χ4v) is 3.30. The summed E-state index contributed by atoms with van der Waals surface area (Å²) in [6, 6.07) is 21.1. The van der Waals surface area contributed by atoms with Gasteiger partial charge in [-0.2, -0.15) is 0 Å². The van der Waals surface area contributed by atoms with Crippen molar-refractivity contribution in [3.63, 3.8) is 0 Å². The number of amides is 1. The molecular weight excluding hydrogens is 362 g/mol. The van der Waals surface area contributed by atoms with Crippen molar-refractivity contribution in [3.8, 4) is 17.0 Å². The minimum Gasteiger partial charge on any atom is -0.497 e. The highest BCUT2D eigenvalue weighted by atomic mass is 16.5. The van der Waals surface area contributed by atoms with Crippen LogP contribution in [0.3, 0.4) is 0 Å². The van der Waals surface area contributed by atoms with Crippen LogP contribution in [0, 0.1) is 0 Å². The molecule has 0 bridgehead atoms. The maximum Gasteiger partial charge on any atom is 0.254 e. The topological polar surface area (TPSA) is 55.3 Å². The molecule has 0 atom stereocenters. The van der Waals surface area contributed by atoms with Gasteiger partial charge in [0.05, 0.1) is 23.9 Å². The predicted molar refractivity (Wildman–Crippen MR) is 114 cm³/mol. The molecule has 2 aromatic heterocycles. The first-order chi connectivity index (χ1) is 14.2. The van der Waals surface area contributed by atoms with Crippen LogP contribution in [-0.2, 0) is 6.54 Å². The van der Waals surface area contributed by atoms with Crippen LogP contribution in [0.1, 0.15) is 15.9 Å². The van der Waals surface area contributed by atoms with Crippen molar-refractivity contribution in [1.82, 2.24) is 14.9 Å². The highest BCUT2D eigenvalue weighted by Crippen LogP contribution is 2.27.